The van der Waals surface area contributed by atoms with Crippen molar-refractivity contribution in [2.45, 2.75) is 32.4 Å². The molecule has 2 N–H and O–H groups in total. The van der Waals surface area contributed by atoms with Gasteiger partial charge in [-0.25, -0.2) is 0 Å². The number of rotatable bonds is 6. The lowest BCUT2D eigenvalue weighted by molar-refractivity contribution is -0.918. The number of carbonyl (C=O) groups excluding carboxylic acids is 1. The third-order valence-corrected chi connectivity index (χ3v) is 4.89. The van der Waals surface area contributed by atoms with E-state index in [0.717, 1.165) is 6.54 Å². The van der Waals surface area contributed by atoms with Crippen LogP contribution >= 0.6 is 0 Å². The minimum Gasteiger partial charge on any atom is -0.497 e. The molecular weight excluding hydrogens is 312 g/mol. The molecule has 4 nitrogen and oxygen atoms in total. The summed E-state index contributed by atoms with van der Waals surface area (Å²) in [5.74, 6) is 0.626. The molecule has 0 saturated carbocycles. The third kappa shape index (κ3) is 4.83. The Kier molecular flexibility index (Phi) is 6.07. The summed E-state index contributed by atoms with van der Waals surface area (Å²) in [6.45, 7) is 4.11. The van der Waals surface area contributed by atoms with Crippen LogP contribution in [0.25, 0.3) is 0 Å². The highest BCUT2D eigenvalue weighted by molar-refractivity contribution is 5.94. The van der Waals surface area contributed by atoms with Gasteiger partial charge in [0.25, 0.3) is 5.91 Å². The van der Waals surface area contributed by atoms with Gasteiger partial charge in [-0.1, -0.05) is 30.3 Å². The maximum absolute atomic E-state index is 12.4. The Bertz CT molecular complexity index is 709. The summed E-state index contributed by atoms with van der Waals surface area (Å²) in [5, 5.41) is 3.04. The van der Waals surface area contributed by atoms with Gasteiger partial charge in [0.2, 0.25) is 0 Å². The summed E-state index contributed by atoms with van der Waals surface area (Å²) in [7, 11) is 1.61. The zero-order chi connectivity index (χ0) is 17.5. The van der Waals surface area contributed by atoms with Gasteiger partial charge in [0.05, 0.1) is 20.2 Å². The Balaban J connectivity index is 1.63. The molecule has 0 atom stereocenters. The number of hydrogen-bond donors (Lipinski definition) is 2. The van der Waals surface area contributed by atoms with Crippen molar-refractivity contribution in [3.63, 3.8) is 0 Å². The predicted molar refractivity (Wildman–Crippen MR) is 98.9 cm³/mol. The standard InChI is InChI=1S/C21H26N2O2/c1-25-20-11-7-10-17(14-20)21(24)22-15-18-8-3-4-9-19(18)16-23-12-5-2-6-13-23/h3-4,7-11,14H,2,5-6,12-13,15-16H2,1H3,(H,22,24)/p+1. The largest absolute Gasteiger partial charge is 0.497 e. The number of ether oxygens (including phenoxy) is 1. The Hall–Kier alpha value is -2.33. The molecule has 2 aromatic rings. The summed E-state index contributed by atoms with van der Waals surface area (Å²) in [6.07, 6.45) is 4.01. The van der Waals surface area contributed by atoms with Crippen LogP contribution in [-0.4, -0.2) is 26.1 Å². The molecule has 2 aromatic carbocycles. The molecule has 0 aromatic heterocycles. The van der Waals surface area contributed by atoms with E-state index in [-0.39, 0.29) is 5.91 Å². The Morgan fingerprint density at radius 1 is 1.04 bits per heavy atom. The number of piperidine rings is 1. The van der Waals surface area contributed by atoms with Crippen LogP contribution in [-0.2, 0) is 13.1 Å². The number of nitrogens with one attached hydrogen (secondary N) is 2. The minimum absolute atomic E-state index is 0.0703. The van der Waals surface area contributed by atoms with Crippen molar-refractivity contribution >= 4 is 5.91 Å². The van der Waals surface area contributed by atoms with E-state index in [1.165, 1.54) is 43.5 Å². The Morgan fingerprint density at radius 2 is 1.80 bits per heavy atom. The summed E-state index contributed by atoms with van der Waals surface area (Å²) < 4.78 is 5.19. The second kappa shape index (κ2) is 8.67. The first-order valence-electron chi connectivity index (χ1n) is 9.09. The fourth-order valence-electron chi connectivity index (χ4n) is 3.44. The van der Waals surface area contributed by atoms with E-state index in [1.807, 2.05) is 24.3 Å². The van der Waals surface area contributed by atoms with Crippen LogP contribution in [0.4, 0.5) is 0 Å². The highest BCUT2D eigenvalue weighted by atomic mass is 16.5. The number of quaternary nitrogens is 1. The lowest BCUT2D eigenvalue weighted by atomic mass is 10.0. The van der Waals surface area contributed by atoms with Crippen LogP contribution in [0.15, 0.2) is 48.5 Å². The van der Waals surface area contributed by atoms with Crippen molar-refractivity contribution < 1.29 is 14.4 Å². The smallest absolute Gasteiger partial charge is 0.251 e. The fraction of sp³-hybridized carbons (Fsp3) is 0.381. The molecule has 0 bridgehead atoms. The Labute approximate surface area is 149 Å². The van der Waals surface area contributed by atoms with Crippen molar-refractivity contribution in [1.29, 1.82) is 0 Å². The predicted octanol–water partition coefficient (Wildman–Crippen LogP) is 2.19. The van der Waals surface area contributed by atoms with Crippen molar-refractivity contribution in [3.05, 3.63) is 65.2 Å². The first-order valence-corrected chi connectivity index (χ1v) is 9.09. The lowest BCUT2D eigenvalue weighted by Crippen LogP contribution is -3.11. The first-order chi connectivity index (χ1) is 12.3. The van der Waals surface area contributed by atoms with E-state index >= 15 is 0 Å². The monoisotopic (exact) mass is 339 g/mol. The highest BCUT2D eigenvalue weighted by Crippen LogP contribution is 2.13. The molecule has 1 saturated heterocycles. The van der Waals surface area contributed by atoms with Gasteiger partial charge in [-0.2, -0.15) is 0 Å². The van der Waals surface area contributed by atoms with E-state index in [4.69, 9.17) is 4.74 Å². The van der Waals surface area contributed by atoms with Crippen LogP contribution in [0, 0.1) is 0 Å². The van der Waals surface area contributed by atoms with Gasteiger partial charge in [0.15, 0.2) is 0 Å². The second-order valence-corrected chi connectivity index (χ2v) is 6.67. The number of carbonyl (C=O) groups is 1. The van der Waals surface area contributed by atoms with Crippen LogP contribution in [0.2, 0.25) is 0 Å². The van der Waals surface area contributed by atoms with Crippen molar-refractivity contribution in [2.24, 2.45) is 0 Å². The van der Waals surface area contributed by atoms with E-state index < -0.39 is 0 Å². The van der Waals surface area contributed by atoms with Gasteiger partial charge >= 0.3 is 0 Å². The molecule has 0 unspecified atom stereocenters. The molecule has 0 radical (unpaired) electrons. The molecule has 0 spiro atoms. The van der Waals surface area contributed by atoms with Gasteiger partial charge in [0.1, 0.15) is 12.3 Å². The molecule has 3 rings (SSSR count). The third-order valence-electron chi connectivity index (χ3n) is 4.89. The summed E-state index contributed by atoms with van der Waals surface area (Å²) in [4.78, 5) is 14.1. The van der Waals surface area contributed by atoms with Crippen LogP contribution in [0.3, 0.4) is 0 Å². The van der Waals surface area contributed by atoms with Gasteiger partial charge in [-0.3, -0.25) is 4.79 Å². The van der Waals surface area contributed by atoms with E-state index in [9.17, 15) is 4.79 Å². The summed E-state index contributed by atoms with van der Waals surface area (Å²) >= 11 is 0. The molecule has 25 heavy (non-hydrogen) atoms. The van der Waals surface area contributed by atoms with Gasteiger partial charge < -0.3 is 15.0 Å². The topological polar surface area (TPSA) is 42.8 Å². The van der Waals surface area contributed by atoms with E-state index in [0.29, 0.717) is 17.9 Å². The van der Waals surface area contributed by atoms with Crippen molar-refractivity contribution in [2.75, 3.05) is 20.2 Å². The zero-order valence-electron chi connectivity index (χ0n) is 14.9. The van der Waals surface area contributed by atoms with E-state index in [1.54, 1.807) is 18.1 Å². The number of likely N-dealkylation sites (tertiary alicyclic amines) is 1. The number of hydrogen-bond acceptors (Lipinski definition) is 2. The molecule has 4 heteroatoms. The normalized spacial score (nSPS) is 14.9. The number of methoxy groups -OCH3 is 1. The van der Waals surface area contributed by atoms with Crippen molar-refractivity contribution in [1.82, 2.24) is 5.32 Å². The number of amides is 1. The summed E-state index contributed by atoms with van der Waals surface area (Å²) in [6, 6.07) is 15.7. The molecular formula is C21H27N2O2+. The van der Waals surface area contributed by atoms with Crippen LogP contribution < -0.4 is 15.0 Å². The summed E-state index contributed by atoms with van der Waals surface area (Å²) in [5.41, 5.74) is 3.17. The average molecular weight is 339 g/mol. The molecule has 1 amide bonds. The number of benzene rings is 2. The second-order valence-electron chi connectivity index (χ2n) is 6.67. The van der Waals surface area contributed by atoms with E-state index in [2.05, 4.69) is 23.5 Å². The molecule has 1 aliphatic rings. The molecule has 1 aliphatic heterocycles. The zero-order valence-corrected chi connectivity index (χ0v) is 14.9. The van der Waals surface area contributed by atoms with Crippen LogP contribution in [0.1, 0.15) is 40.7 Å². The van der Waals surface area contributed by atoms with Gasteiger partial charge in [-0.15, -0.1) is 0 Å². The quantitative estimate of drug-likeness (QED) is 0.847. The molecule has 132 valence electrons. The van der Waals surface area contributed by atoms with Gasteiger partial charge in [0, 0.05) is 17.7 Å². The highest BCUT2D eigenvalue weighted by Gasteiger charge is 2.16. The molecule has 0 aliphatic carbocycles. The van der Waals surface area contributed by atoms with Crippen molar-refractivity contribution in [3.8, 4) is 5.75 Å². The molecule has 1 heterocycles. The Morgan fingerprint density at radius 3 is 2.56 bits per heavy atom. The first kappa shape index (κ1) is 17.5. The maximum atomic E-state index is 12.4. The maximum Gasteiger partial charge on any atom is 0.251 e. The fourth-order valence-corrected chi connectivity index (χ4v) is 3.44. The average Bonchev–Trinajstić information content (AvgIpc) is 2.68. The minimum atomic E-state index is -0.0703. The molecule has 1 fully saturated rings. The SMILES string of the molecule is COc1cccc(C(=O)NCc2ccccc2C[NH+]2CCCCC2)c1. The lowest BCUT2D eigenvalue weighted by Gasteiger charge is -2.24. The van der Waals surface area contributed by atoms with Crippen LogP contribution in [0.5, 0.6) is 5.75 Å². The van der Waals surface area contributed by atoms with Gasteiger partial charge in [-0.05, 0) is 43.0 Å².